The number of thiocarbonyl (C=S) groups is 1. The van der Waals surface area contributed by atoms with Crippen molar-refractivity contribution in [2.24, 2.45) is 0 Å². The van der Waals surface area contributed by atoms with Crippen molar-refractivity contribution in [2.45, 2.75) is 26.0 Å². The van der Waals surface area contributed by atoms with Crippen molar-refractivity contribution in [2.75, 3.05) is 23.0 Å². The molecule has 0 radical (unpaired) electrons. The van der Waals surface area contributed by atoms with Crippen molar-refractivity contribution in [3.63, 3.8) is 0 Å². The molecule has 1 aliphatic rings. The van der Waals surface area contributed by atoms with Gasteiger partial charge in [0.2, 0.25) is 0 Å². The van der Waals surface area contributed by atoms with Gasteiger partial charge in [0.25, 0.3) is 0 Å². The third-order valence-electron chi connectivity index (χ3n) is 3.80. The Balaban J connectivity index is 1.82. The lowest BCUT2D eigenvalue weighted by molar-refractivity contribution is 0.0527. The predicted molar refractivity (Wildman–Crippen MR) is 111 cm³/mol. The standard InChI is InChI=1S/C18H20N2O2S3/c1-3-22-17(21)15-13-7-8-24-10-14(13)25-16(15)20-18(23)19-12-6-4-5-11(2)9-12/h4-6,9H,3,7-8,10H2,1-2H3,(H2,19,20,23). The number of fused-ring (bicyclic) bond motifs is 1. The Morgan fingerprint density at radius 3 is 2.96 bits per heavy atom. The Hall–Kier alpha value is -1.57. The van der Waals surface area contributed by atoms with Crippen LogP contribution < -0.4 is 10.6 Å². The monoisotopic (exact) mass is 392 g/mol. The van der Waals surface area contributed by atoms with Crippen molar-refractivity contribution in [3.05, 3.63) is 45.8 Å². The molecule has 0 atom stereocenters. The molecule has 7 heteroatoms. The molecule has 2 N–H and O–H groups in total. The Kier molecular flexibility index (Phi) is 5.98. The summed E-state index contributed by atoms with van der Waals surface area (Å²) in [6.07, 6.45) is 0.893. The van der Waals surface area contributed by atoms with Crippen LogP contribution in [-0.4, -0.2) is 23.4 Å². The Morgan fingerprint density at radius 1 is 1.36 bits per heavy atom. The molecule has 0 fully saturated rings. The predicted octanol–water partition coefficient (Wildman–Crippen LogP) is 4.83. The molecule has 1 aromatic carbocycles. The number of carbonyl (C=O) groups excluding carboxylic acids is 1. The van der Waals surface area contributed by atoms with Crippen LogP contribution in [0.5, 0.6) is 0 Å². The average molecular weight is 393 g/mol. The fourth-order valence-electron chi connectivity index (χ4n) is 2.73. The van der Waals surface area contributed by atoms with Crippen molar-refractivity contribution in [1.82, 2.24) is 0 Å². The summed E-state index contributed by atoms with van der Waals surface area (Å²) in [5.41, 5.74) is 3.84. The van der Waals surface area contributed by atoms with E-state index in [1.165, 1.54) is 4.88 Å². The fourth-order valence-corrected chi connectivity index (χ4v) is 5.39. The third kappa shape index (κ3) is 4.34. The van der Waals surface area contributed by atoms with Gasteiger partial charge in [-0.25, -0.2) is 4.79 Å². The largest absolute Gasteiger partial charge is 0.462 e. The molecule has 0 saturated carbocycles. The van der Waals surface area contributed by atoms with Crippen LogP contribution in [0.4, 0.5) is 10.7 Å². The minimum atomic E-state index is -0.271. The van der Waals surface area contributed by atoms with E-state index in [9.17, 15) is 4.79 Å². The molecular formula is C18H20N2O2S3. The molecule has 1 aromatic heterocycles. The summed E-state index contributed by atoms with van der Waals surface area (Å²) in [6, 6.07) is 8.00. The van der Waals surface area contributed by atoms with E-state index in [2.05, 4.69) is 10.6 Å². The second-order valence-corrected chi connectivity index (χ2v) is 8.30. The molecule has 0 amide bonds. The molecule has 0 saturated heterocycles. The van der Waals surface area contributed by atoms with Gasteiger partial charge in [-0.15, -0.1) is 11.3 Å². The van der Waals surface area contributed by atoms with Crippen LogP contribution >= 0.6 is 35.3 Å². The van der Waals surface area contributed by atoms with Crippen LogP contribution in [0.3, 0.4) is 0 Å². The Labute approximate surface area is 161 Å². The number of nitrogens with one attached hydrogen (secondary N) is 2. The van der Waals surface area contributed by atoms with Crippen molar-refractivity contribution < 1.29 is 9.53 Å². The summed E-state index contributed by atoms with van der Waals surface area (Å²) in [6.45, 7) is 4.22. The number of hydrogen-bond donors (Lipinski definition) is 2. The molecule has 4 nitrogen and oxygen atoms in total. The number of anilines is 2. The molecule has 2 heterocycles. The van der Waals surface area contributed by atoms with Gasteiger partial charge in [-0.1, -0.05) is 12.1 Å². The van der Waals surface area contributed by atoms with Crippen molar-refractivity contribution in [1.29, 1.82) is 0 Å². The molecule has 0 spiro atoms. The minimum Gasteiger partial charge on any atom is -0.462 e. The average Bonchev–Trinajstić information content (AvgIpc) is 2.92. The van der Waals surface area contributed by atoms with Crippen LogP contribution in [-0.2, 0) is 16.9 Å². The minimum absolute atomic E-state index is 0.271. The van der Waals surface area contributed by atoms with Crippen LogP contribution in [0.15, 0.2) is 24.3 Å². The van der Waals surface area contributed by atoms with E-state index in [1.807, 2.05) is 49.9 Å². The first-order valence-corrected chi connectivity index (χ1v) is 10.5. The second-order valence-electron chi connectivity index (χ2n) is 5.68. The van der Waals surface area contributed by atoms with Gasteiger partial charge in [0.1, 0.15) is 5.00 Å². The highest BCUT2D eigenvalue weighted by atomic mass is 32.2. The Morgan fingerprint density at radius 2 is 2.20 bits per heavy atom. The molecule has 0 bridgehead atoms. The van der Waals surface area contributed by atoms with E-state index in [0.29, 0.717) is 17.3 Å². The summed E-state index contributed by atoms with van der Waals surface area (Å²) in [4.78, 5) is 13.7. The summed E-state index contributed by atoms with van der Waals surface area (Å²) >= 11 is 8.93. The van der Waals surface area contributed by atoms with Gasteiger partial charge in [-0.2, -0.15) is 11.8 Å². The lowest BCUT2D eigenvalue weighted by Gasteiger charge is -2.13. The van der Waals surface area contributed by atoms with Crippen molar-refractivity contribution in [3.8, 4) is 0 Å². The number of carbonyl (C=O) groups is 1. The highest BCUT2D eigenvalue weighted by Crippen LogP contribution is 2.39. The fraction of sp³-hybridized carbons (Fsp3) is 0.333. The van der Waals surface area contributed by atoms with E-state index >= 15 is 0 Å². The quantitative estimate of drug-likeness (QED) is 0.574. The smallest absolute Gasteiger partial charge is 0.341 e. The number of aryl methyl sites for hydroxylation is 1. The first-order valence-electron chi connectivity index (χ1n) is 8.12. The summed E-state index contributed by atoms with van der Waals surface area (Å²) in [7, 11) is 0. The van der Waals surface area contributed by atoms with Gasteiger partial charge >= 0.3 is 5.97 Å². The van der Waals surface area contributed by atoms with E-state index in [1.54, 1.807) is 11.3 Å². The maximum Gasteiger partial charge on any atom is 0.341 e. The molecular weight excluding hydrogens is 372 g/mol. The normalized spacial score (nSPS) is 13.0. The number of esters is 1. The van der Waals surface area contributed by atoms with Crippen LogP contribution in [0.2, 0.25) is 0 Å². The number of rotatable bonds is 4. The molecule has 132 valence electrons. The van der Waals surface area contributed by atoms with Gasteiger partial charge in [-0.05, 0) is 61.5 Å². The SMILES string of the molecule is CCOC(=O)c1c(NC(=S)Nc2cccc(C)c2)sc2c1CCSC2. The van der Waals surface area contributed by atoms with E-state index in [0.717, 1.165) is 39.7 Å². The van der Waals surface area contributed by atoms with Gasteiger partial charge < -0.3 is 15.4 Å². The Bertz CT molecular complexity index is 802. The first kappa shape index (κ1) is 18.2. The molecule has 1 aliphatic heterocycles. The van der Waals surface area contributed by atoms with Gasteiger partial charge in [0, 0.05) is 16.3 Å². The van der Waals surface area contributed by atoms with Gasteiger partial charge in [0.15, 0.2) is 5.11 Å². The number of hydrogen-bond acceptors (Lipinski definition) is 5. The van der Waals surface area contributed by atoms with Gasteiger partial charge in [-0.3, -0.25) is 0 Å². The maximum absolute atomic E-state index is 12.5. The second kappa shape index (κ2) is 8.21. The maximum atomic E-state index is 12.5. The highest BCUT2D eigenvalue weighted by molar-refractivity contribution is 7.98. The van der Waals surface area contributed by atoms with E-state index in [4.69, 9.17) is 17.0 Å². The lowest BCUT2D eigenvalue weighted by atomic mass is 10.1. The zero-order valence-electron chi connectivity index (χ0n) is 14.2. The molecule has 0 aliphatic carbocycles. The molecule has 3 rings (SSSR count). The number of thioether (sulfide) groups is 1. The summed E-state index contributed by atoms with van der Waals surface area (Å²) in [5.74, 6) is 1.70. The highest BCUT2D eigenvalue weighted by Gasteiger charge is 2.27. The van der Waals surface area contributed by atoms with E-state index in [-0.39, 0.29) is 5.97 Å². The van der Waals surface area contributed by atoms with E-state index < -0.39 is 0 Å². The number of thiophene rings is 1. The number of ether oxygens (including phenoxy) is 1. The van der Waals surface area contributed by atoms with Gasteiger partial charge in [0.05, 0.1) is 12.2 Å². The number of benzene rings is 1. The topological polar surface area (TPSA) is 50.4 Å². The lowest BCUT2D eigenvalue weighted by Crippen LogP contribution is -2.20. The molecule has 0 unspecified atom stereocenters. The molecule has 25 heavy (non-hydrogen) atoms. The third-order valence-corrected chi connectivity index (χ3v) is 6.32. The van der Waals surface area contributed by atoms with Crippen molar-refractivity contribution >= 4 is 57.1 Å². The summed E-state index contributed by atoms with van der Waals surface area (Å²) in [5, 5.41) is 7.63. The van der Waals surface area contributed by atoms with Crippen LogP contribution in [0, 0.1) is 6.92 Å². The zero-order valence-corrected chi connectivity index (χ0v) is 16.6. The molecule has 2 aromatic rings. The zero-order chi connectivity index (χ0) is 17.8. The van der Waals surface area contributed by atoms with Crippen LogP contribution in [0.25, 0.3) is 0 Å². The van der Waals surface area contributed by atoms with Crippen LogP contribution in [0.1, 0.15) is 33.3 Å². The first-order chi connectivity index (χ1) is 12.1. The summed E-state index contributed by atoms with van der Waals surface area (Å²) < 4.78 is 5.27.